The molecule has 0 aliphatic heterocycles. The molecule has 0 atom stereocenters. The molecule has 0 saturated carbocycles. The van der Waals surface area contributed by atoms with Gasteiger partial charge < -0.3 is 20.1 Å². The molecule has 8 heteroatoms. The number of nitrogens with zero attached hydrogens (tertiary/aromatic N) is 2. The Bertz CT molecular complexity index is 1280. The number of ether oxygens (including phenoxy) is 2. The van der Waals surface area contributed by atoms with Crippen molar-refractivity contribution in [2.45, 2.75) is 6.54 Å². The van der Waals surface area contributed by atoms with Crippen molar-refractivity contribution in [2.75, 3.05) is 31.5 Å². The van der Waals surface area contributed by atoms with Gasteiger partial charge in [-0.15, -0.1) is 0 Å². The fourth-order valence-corrected chi connectivity index (χ4v) is 3.56. The zero-order chi connectivity index (χ0) is 24.6. The zero-order valence-electron chi connectivity index (χ0n) is 19.5. The summed E-state index contributed by atoms with van der Waals surface area (Å²) in [6.07, 6.45) is 1.75. The van der Waals surface area contributed by atoms with Gasteiger partial charge >= 0.3 is 0 Å². The predicted octanol–water partition coefficient (Wildman–Crippen LogP) is 4.44. The fourth-order valence-electron chi connectivity index (χ4n) is 3.56. The second-order valence-electron chi connectivity index (χ2n) is 7.82. The van der Waals surface area contributed by atoms with Crippen LogP contribution in [0.15, 0.2) is 85.1 Å². The third kappa shape index (κ3) is 6.13. The summed E-state index contributed by atoms with van der Waals surface area (Å²) in [7, 11) is 3.07. The lowest BCUT2D eigenvalue weighted by Gasteiger charge is -2.08. The highest BCUT2D eigenvalue weighted by atomic mass is 16.5. The molecule has 3 aromatic carbocycles. The summed E-state index contributed by atoms with van der Waals surface area (Å²) in [5, 5.41) is 10.4. The van der Waals surface area contributed by atoms with Crippen molar-refractivity contribution in [2.24, 2.45) is 0 Å². The number of methoxy groups -OCH3 is 2. The summed E-state index contributed by atoms with van der Waals surface area (Å²) < 4.78 is 11.8. The first-order chi connectivity index (χ1) is 17.1. The number of carbonyl (C=O) groups excluding carboxylic acids is 2. The van der Waals surface area contributed by atoms with E-state index in [1.54, 1.807) is 42.3 Å². The predicted molar refractivity (Wildman–Crippen MR) is 135 cm³/mol. The minimum Gasteiger partial charge on any atom is -0.497 e. The summed E-state index contributed by atoms with van der Waals surface area (Å²) >= 11 is 0. The normalized spacial score (nSPS) is 10.6. The Balaban J connectivity index is 1.57. The van der Waals surface area contributed by atoms with Gasteiger partial charge in [-0.1, -0.05) is 30.3 Å². The van der Waals surface area contributed by atoms with Gasteiger partial charge in [0.05, 0.1) is 19.2 Å². The van der Waals surface area contributed by atoms with Crippen molar-refractivity contribution >= 4 is 23.2 Å². The molecule has 0 radical (unpaired) electrons. The van der Waals surface area contributed by atoms with Gasteiger partial charge in [0.15, 0.2) is 0 Å². The molecule has 178 valence electrons. The number of anilines is 2. The average Bonchev–Trinajstić information content (AvgIpc) is 3.30. The zero-order valence-corrected chi connectivity index (χ0v) is 19.5. The molecule has 0 aliphatic rings. The second kappa shape index (κ2) is 11.1. The number of hydrogen-bond acceptors (Lipinski definition) is 5. The van der Waals surface area contributed by atoms with E-state index >= 15 is 0 Å². The second-order valence-corrected chi connectivity index (χ2v) is 7.82. The number of benzene rings is 3. The molecule has 1 heterocycles. The van der Waals surface area contributed by atoms with Crippen molar-refractivity contribution in [3.8, 4) is 17.0 Å². The summed E-state index contributed by atoms with van der Waals surface area (Å²) in [5.41, 5.74) is 4.11. The van der Waals surface area contributed by atoms with E-state index in [1.807, 2.05) is 54.6 Å². The third-order valence-electron chi connectivity index (χ3n) is 5.26. The maximum Gasteiger partial charge on any atom is 0.259 e. The number of aromatic nitrogens is 2. The van der Waals surface area contributed by atoms with E-state index in [4.69, 9.17) is 14.6 Å². The molecule has 0 unspecified atom stereocenters. The van der Waals surface area contributed by atoms with Gasteiger partial charge in [0.25, 0.3) is 5.91 Å². The maximum atomic E-state index is 13.3. The van der Waals surface area contributed by atoms with E-state index in [-0.39, 0.29) is 18.4 Å². The van der Waals surface area contributed by atoms with E-state index in [2.05, 4.69) is 10.6 Å². The Morgan fingerprint density at radius 1 is 0.857 bits per heavy atom. The molecule has 2 N–H and O–H groups in total. The Labute approximate surface area is 203 Å². The summed E-state index contributed by atoms with van der Waals surface area (Å²) in [6, 6.07) is 24.2. The van der Waals surface area contributed by atoms with Crippen LogP contribution < -0.4 is 15.4 Å². The van der Waals surface area contributed by atoms with Crippen LogP contribution in [0, 0.1) is 0 Å². The molecule has 0 saturated heterocycles. The van der Waals surface area contributed by atoms with Crippen molar-refractivity contribution in [1.82, 2.24) is 9.78 Å². The molecule has 0 bridgehead atoms. The van der Waals surface area contributed by atoms with Crippen LogP contribution in [0.25, 0.3) is 11.3 Å². The topological polar surface area (TPSA) is 94.5 Å². The van der Waals surface area contributed by atoms with E-state index in [1.165, 1.54) is 7.11 Å². The molecule has 0 aliphatic carbocycles. The van der Waals surface area contributed by atoms with Crippen molar-refractivity contribution in [3.05, 3.63) is 96.2 Å². The van der Waals surface area contributed by atoms with Crippen molar-refractivity contribution in [3.63, 3.8) is 0 Å². The Hall–Kier alpha value is -4.43. The molecule has 0 fully saturated rings. The molecular formula is C27H26N4O4. The molecule has 2 amide bonds. The van der Waals surface area contributed by atoms with Gasteiger partial charge in [-0.2, -0.15) is 5.10 Å². The molecule has 0 spiro atoms. The molecule has 1 aromatic heterocycles. The van der Waals surface area contributed by atoms with Gasteiger partial charge in [-0.3, -0.25) is 14.3 Å². The number of hydrogen-bond donors (Lipinski definition) is 2. The Morgan fingerprint density at radius 3 is 2.14 bits per heavy atom. The van der Waals surface area contributed by atoms with Crippen LogP contribution in [-0.4, -0.2) is 42.4 Å². The highest BCUT2D eigenvalue weighted by molar-refractivity contribution is 6.08. The van der Waals surface area contributed by atoms with Gasteiger partial charge in [0.1, 0.15) is 18.1 Å². The highest BCUT2D eigenvalue weighted by Gasteiger charge is 2.19. The summed E-state index contributed by atoms with van der Waals surface area (Å²) in [5.74, 6) is 0.187. The number of rotatable bonds is 9. The van der Waals surface area contributed by atoms with Crippen LogP contribution in [0.5, 0.6) is 5.75 Å². The van der Waals surface area contributed by atoms with Crippen LogP contribution >= 0.6 is 0 Å². The quantitative estimate of drug-likeness (QED) is 0.377. The minimum atomic E-state index is -0.286. The fraction of sp³-hybridized carbons (Fsp3) is 0.148. The van der Waals surface area contributed by atoms with E-state index in [9.17, 15) is 9.59 Å². The molecular weight excluding hydrogens is 444 g/mol. The minimum absolute atomic E-state index is 0.0282. The first kappa shape index (κ1) is 23.7. The SMILES string of the molecule is COCC(=O)Nc1ccc(NC(=O)c2cn(Cc3ccccc3)nc2-c2ccc(OC)cc2)cc1. The Morgan fingerprint density at radius 2 is 1.51 bits per heavy atom. The number of carbonyl (C=O) groups is 2. The average molecular weight is 471 g/mol. The molecule has 4 rings (SSSR count). The van der Waals surface area contributed by atoms with Gasteiger partial charge in [0, 0.05) is 30.2 Å². The third-order valence-corrected chi connectivity index (χ3v) is 5.26. The van der Waals surface area contributed by atoms with Crippen LogP contribution in [0.1, 0.15) is 15.9 Å². The molecule has 4 aromatic rings. The standard InChI is InChI=1S/C27H26N4O4/c1-34-18-25(32)28-21-10-12-22(13-11-21)29-27(33)24-17-31(16-19-6-4-3-5-7-19)30-26(24)20-8-14-23(35-2)15-9-20/h3-15,17H,16,18H2,1-2H3,(H,28,32)(H,29,33). The van der Waals surface area contributed by atoms with Gasteiger partial charge in [-0.25, -0.2) is 0 Å². The lowest BCUT2D eigenvalue weighted by Crippen LogP contribution is -2.17. The van der Waals surface area contributed by atoms with Crippen LogP contribution in [-0.2, 0) is 16.1 Å². The van der Waals surface area contributed by atoms with E-state index in [0.29, 0.717) is 29.2 Å². The number of nitrogens with one attached hydrogen (secondary N) is 2. The summed E-state index contributed by atoms with van der Waals surface area (Å²) in [4.78, 5) is 25.0. The molecule has 35 heavy (non-hydrogen) atoms. The largest absolute Gasteiger partial charge is 0.497 e. The van der Waals surface area contributed by atoms with Gasteiger partial charge in [0.2, 0.25) is 5.91 Å². The smallest absolute Gasteiger partial charge is 0.259 e. The van der Waals surface area contributed by atoms with E-state index in [0.717, 1.165) is 16.9 Å². The monoisotopic (exact) mass is 470 g/mol. The maximum absolute atomic E-state index is 13.3. The van der Waals surface area contributed by atoms with Crippen LogP contribution in [0.3, 0.4) is 0 Å². The Kier molecular flexibility index (Phi) is 7.54. The van der Waals surface area contributed by atoms with Gasteiger partial charge in [-0.05, 0) is 54.1 Å². The summed E-state index contributed by atoms with van der Waals surface area (Å²) in [6.45, 7) is 0.507. The lowest BCUT2D eigenvalue weighted by atomic mass is 10.1. The molecule has 8 nitrogen and oxygen atoms in total. The lowest BCUT2D eigenvalue weighted by molar-refractivity contribution is -0.119. The first-order valence-electron chi connectivity index (χ1n) is 11.0. The van der Waals surface area contributed by atoms with Crippen LogP contribution in [0.2, 0.25) is 0 Å². The highest BCUT2D eigenvalue weighted by Crippen LogP contribution is 2.26. The van der Waals surface area contributed by atoms with Crippen molar-refractivity contribution in [1.29, 1.82) is 0 Å². The van der Waals surface area contributed by atoms with Crippen molar-refractivity contribution < 1.29 is 19.1 Å². The number of amides is 2. The first-order valence-corrected chi connectivity index (χ1v) is 11.0. The van der Waals surface area contributed by atoms with E-state index < -0.39 is 0 Å². The van der Waals surface area contributed by atoms with Crippen LogP contribution in [0.4, 0.5) is 11.4 Å².